The van der Waals surface area contributed by atoms with Crippen LogP contribution in [-0.2, 0) is 20.8 Å². The molecular formula is C23H32N4O4. The van der Waals surface area contributed by atoms with Crippen LogP contribution >= 0.6 is 0 Å². The van der Waals surface area contributed by atoms with Crippen molar-refractivity contribution < 1.29 is 19.1 Å². The largest absolute Gasteiger partial charge is 0.464 e. The topological polar surface area (TPSA) is 94.5 Å². The third kappa shape index (κ3) is 4.84. The first-order chi connectivity index (χ1) is 15.1. The summed E-state index contributed by atoms with van der Waals surface area (Å²) in [4.78, 5) is 29.4. The van der Waals surface area contributed by atoms with Crippen molar-refractivity contribution in [3.63, 3.8) is 0 Å². The van der Waals surface area contributed by atoms with Crippen molar-refractivity contribution in [1.82, 2.24) is 9.55 Å². The number of amides is 1. The minimum atomic E-state index is -0.502. The average molecular weight is 429 g/mol. The zero-order valence-electron chi connectivity index (χ0n) is 18.4. The van der Waals surface area contributed by atoms with Crippen molar-refractivity contribution in [2.45, 2.75) is 77.0 Å². The van der Waals surface area contributed by atoms with E-state index < -0.39 is 5.97 Å². The fraction of sp³-hybridized carbons (Fsp3) is 0.609. The molecule has 4 rings (SSSR count). The molecule has 0 unspecified atom stereocenters. The summed E-state index contributed by atoms with van der Waals surface area (Å²) < 4.78 is 12.7. The summed E-state index contributed by atoms with van der Waals surface area (Å²) in [6, 6.07) is 2.40. The number of hydrogen-bond acceptors (Lipinski definition) is 6. The van der Waals surface area contributed by atoms with Gasteiger partial charge in [0.2, 0.25) is 5.91 Å². The van der Waals surface area contributed by atoms with Crippen LogP contribution in [0.5, 0.6) is 0 Å². The quantitative estimate of drug-likeness (QED) is 0.531. The zero-order valence-corrected chi connectivity index (χ0v) is 18.4. The Hall–Kier alpha value is -2.61. The van der Waals surface area contributed by atoms with E-state index in [9.17, 15) is 9.59 Å². The van der Waals surface area contributed by atoms with Crippen molar-refractivity contribution in [3.8, 4) is 0 Å². The highest BCUT2D eigenvalue weighted by molar-refractivity contribution is 6.10. The highest BCUT2D eigenvalue weighted by Gasteiger charge is 2.28. The fourth-order valence-corrected chi connectivity index (χ4v) is 4.74. The monoisotopic (exact) mass is 428 g/mol. The number of anilines is 2. The van der Waals surface area contributed by atoms with Crippen molar-refractivity contribution >= 4 is 34.3 Å². The van der Waals surface area contributed by atoms with Crippen molar-refractivity contribution in [3.05, 3.63) is 18.0 Å². The van der Waals surface area contributed by atoms with Crippen LogP contribution in [0, 0.1) is 0 Å². The van der Waals surface area contributed by atoms with E-state index >= 15 is 0 Å². The van der Waals surface area contributed by atoms with Gasteiger partial charge in [0.15, 0.2) is 5.69 Å². The van der Waals surface area contributed by atoms with Gasteiger partial charge >= 0.3 is 5.97 Å². The first-order valence-corrected chi connectivity index (χ1v) is 11.3. The van der Waals surface area contributed by atoms with Crippen LogP contribution in [0.3, 0.4) is 0 Å². The van der Waals surface area contributed by atoms with Gasteiger partial charge in [0, 0.05) is 25.0 Å². The van der Waals surface area contributed by atoms with Crippen LogP contribution in [0.1, 0.15) is 68.8 Å². The van der Waals surface area contributed by atoms with Gasteiger partial charge in [-0.1, -0.05) is 25.7 Å². The molecule has 2 aliphatic rings. The van der Waals surface area contributed by atoms with Gasteiger partial charge in [-0.3, -0.25) is 4.79 Å². The minimum absolute atomic E-state index is 0.00905. The van der Waals surface area contributed by atoms with E-state index in [1.54, 1.807) is 0 Å². The molecular weight excluding hydrogens is 396 g/mol. The minimum Gasteiger partial charge on any atom is -0.464 e. The lowest BCUT2D eigenvalue weighted by atomic mass is 10.1. The number of fused-ring (bicyclic) bond motifs is 1. The van der Waals surface area contributed by atoms with E-state index in [4.69, 9.17) is 14.5 Å². The van der Waals surface area contributed by atoms with Gasteiger partial charge in [-0.15, -0.1) is 0 Å². The molecule has 2 aromatic heterocycles. The maximum atomic E-state index is 12.7. The zero-order chi connectivity index (χ0) is 21.8. The SMILES string of the molecule is COC(=O)c1c(NC(C)=O)c2cc(NC3CCCCCC3)cnc2n1C[C@@H]1CCCO1. The first-order valence-electron chi connectivity index (χ1n) is 11.3. The Morgan fingerprint density at radius 1 is 1.19 bits per heavy atom. The molecule has 1 saturated heterocycles. The van der Waals surface area contributed by atoms with Gasteiger partial charge in [-0.2, -0.15) is 0 Å². The van der Waals surface area contributed by atoms with Crippen molar-refractivity contribution in [1.29, 1.82) is 0 Å². The standard InChI is InChI=1S/C23H32N4O4/c1-15(28)25-20-19-12-17(26-16-8-5-3-4-6-9-16)13-24-22(19)27(21(20)23(29)30-2)14-18-10-7-11-31-18/h12-13,16,18,26H,3-11,14H2,1-2H3,(H,25,28)/t18-/m0/s1. The second-order valence-corrected chi connectivity index (χ2v) is 8.57. The van der Waals surface area contributed by atoms with E-state index in [2.05, 4.69) is 10.6 Å². The Bertz CT molecular complexity index is 941. The molecule has 1 atom stereocenters. The number of carbonyl (C=O) groups excluding carboxylic acids is 2. The molecule has 168 valence electrons. The number of nitrogens with zero attached hydrogens (tertiary/aromatic N) is 2. The molecule has 1 aliphatic heterocycles. The summed E-state index contributed by atoms with van der Waals surface area (Å²) in [6.45, 7) is 2.65. The normalized spacial score (nSPS) is 19.9. The highest BCUT2D eigenvalue weighted by atomic mass is 16.5. The van der Waals surface area contributed by atoms with Gasteiger partial charge in [-0.25, -0.2) is 9.78 Å². The van der Waals surface area contributed by atoms with Crippen LogP contribution in [0.2, 0.25) is 0 Å². The van der Waals surface area contributed by atoms with Crippen molar-refractivity contribution in [2.24, 2.45) is 0 Å². The predicted molar refractivity (Wildman–Crippen MR) is 119 cm³/mol. The predicted octanol–water partition coefficient (Wildman–Crippen LogP) is 4.10. The molecule has 1 aliphatic carbocycles. The van der Waals surface area contributed by atoms with Crippen LogP contribution in [0.4, 0.5) is 11.4 Å². The molecule has 8 heteroatoms. The van der Waals surface area contributed by atoms with E-state index in [-0.39, 0.29) is 12.0 Å². The molecule has 0 spiro atoms. The molecule has 0 bridgehead atoms. The van der Waals surface area contributed by atoms with Crippen LogP contribution in [-0.4, -0.2) is 47.3 Å². The highest BCUT2D eigenvalue weighted by Crippen LogP contribution is 2.34. The molecule has 0 aromatic carbocycles. The molecule has 1 amide bonds. The average Bonchev–Trinajstić information content (AvgIpc) is 3.27. The van der Waals surface area contributed by atoms with Crippen LogP contribution < -0.4 is 10.6 Å². The number of ether oxygens (including phenoxy) is 2. The van der Waals surface area contributed by atoms with Gasteiger partial charge in [-0.05, 0) is 31.7 Å². The maximum Gasteiger partial charge on any atom is 0.356 e. The summed E-state index contributed by atoms with van der Waals surface area (Å²) in [5, 5.41) is 7.19. The van der Waals surface area contributed by atoms with E-state index in [1.807, 2.05) is 16.8 Å². The molecule has 2 N–H and O–H groups in total. The number of aromatic nitrogens is 2. The van der Waals surface area contributed by atoms with Gasteiger partial charge in [0.25, 0.3) is 0 Å². The van der Waals surface area contributed by atoms with E-state index in [0.29, 0.717) is 29.6 Å². The summed E-state index contributed by atoms with van der Waals surface area (Å²) in [6.07, 6.45) is 11.1. The number of nitrogens with one attached hydrogen (secondary N) is 2. The molecule has 0 radical (unpaired) electrons. The van der Waals surface area contributed by atoms with Crippen molar-refractivity contribution in [2.75, 3.05) is 24.4 Å². The van der Waals surface area contributed by atoms with E-state index in [1.165, 1.54) is 39.7 Å². The number of hydrogen-bond donors (Lipinski definition) is 2. The lowest BCUT2D eigenvalue weighted by molar-refractivity contribution is -0.114. The van der Waals surface area contributed by atoms with E-state index in [0.717, 1.165) is 43.4 Å². The number of methoxy groups -OCH3 is 1. The number of carbonyl (C=O) groups is 2. The van der Waals surface area contributed by atoms with Gasteiger partial charge in [0.05, 0.1) is 37.3 Å². The molecule has 31 heavy (non-hydrogen) atoms. The fourth-order valence-electron chi connectivity index (χ4n) is 4.74. The molecule has 1 saturated carbocycles. The second kappa shape index (κ2) is 9.68. The Labute approximate surface area is 182 Å². The number of pyridine rings is 1. The molecule has 8 nitrogen and oxygen atoms in total. The second-order valence-electron chi connectivity index (χ2n) is 8.57. The summed E-state index contributed by atoms with van der Waals surface area (Å²) in [5.74, 6) is -0.749. The van der Waals surface area contributed by atoms with Crippen LogP contribution in [0.15, 0.2) is 12.3 Å². The number of rotatable bonds is 6. The Morgan fingerprint density at radius 3 is 2.61 bits per heavy atom. The summed E-state index contributed by atoms with van der Waals surface area (Å²) in [7, 11) is 1.35. The third-order valence-corrected chi connectivity index (χ3v) is 6.21. The summed E-state index contributed by atoms with van der Waals surface area (Å²) >= 11 is 0. The molecule has 2 fully saturated rings. The molecule has 2 aromatic rings. The summed E-state index contributed by atoms with van der Waals surface area (Å²) in [5.41, 5.74) is 2.30. The Balaban J connectivity index is 1.76. The Morgan fingerprint density at radius 2 is 1.97 bits per heavy atom. The third-order valence-electron chi connectivity index (χ3n) is 6.21. The van der Waals surface area contributed by atoms with Gasteiger partial charge in [0.1, 0.15) is 5.65 Å². The Kier molecular flexibility index (Phi) is 6.75. The smallest absolute Gasteiger partial charge is 0.356 e. The first kappa shape index (κ1) is 21.6. The lowest BCUT2D eigenvalue weighted by Gasteiger charge is -2.17. The maximum absolute atomic E-state index is 12.7. The molecule has 3 heterocycles. The lowest BCUT2D eigenvalue weighted by Crippen LogP contribution is -2.21. The number of esters is 1. The van der Waals surface area contributed by atoms with Gasteiger partial charge < -0.3 is 24.7 Å². The van der Waals surface area contributed by atoms with Crippen LogP contribution in [0.25, 0.3) is 11.0 Å².